The summed E-state index contributed by atoms with van der Waals surface area (Å²) in [4.78, 5) is 14.2. The zero-order chi connectivity index (χ0) is 16.1. The van der Waals surface area contributed by atoms with Crippen molar-refractivity contribution in [3.8, 4) is 0 Å². The normalized spacial score (nSPS) is 17.3. The van der Waals surface area contributed by atoms with Crippen LogP contribution in [-0.2, 0) is 6.42 Å². The highest BCUT2D eigenvalue weighted by atomic mass is 16.3. The molecule has 0 saturated carbocycles. The van der Waals surface area contributed by atoms with Crippen LogP contribution >= 0.6 is 0 Å². The Morgan fingerprint density at radius 1 is 1.13 bits per heavy atom. The van der Waals surface area contributed by atoms with E-state index in [1.807, 2.05) is 42.5 Å². The summed E-state index contributed by atoms with van der Waals surface area (Å²) in [6.45, 7) is 0.733. The minimum absolute atomic E-state index is 0.0269. The number of carbonyl (C=O) groups is 1. The predicted molar refractivity (Wildman–Crippen MR) is 91.5 cm³/mol. The zero-order valence-electron chi connectivity index (χ0n) is 13.1. The molecule has 1 aliphatic heterocycles. The molecule has 1 atom stereocenters. The van der Waals surface area contributed by atoms with Crippen molar-refractivity contribution in [2.45, 2.75) is 25.3 Å². The van der Waals surface area contributed by atoms with E-state index in [1.54, 1.807) is 4.90 Å². The summed E-state index contributed by atoms with van der Waals surface area (Å²) in [6.07, 6.45) is 2.60. The maximum absolute atomic E-state index is 12.5. The third kappa shape index (κ3) is 3.71. The first-order chi connectivity index (χ1) is 11.3. The molecule has 3 rings (SSSR count). The Labute approximate surface area is 136 Å². The Bertz CT molecular complexity index is 657. The van der Waals surface area contributed by atoms with Crippen LogP contribution in [0.15, 0.2) is 54.6 Å². The fraction of sp³-hybridized carbons (Fsp3) is 0.316. The van der Waals surface area contributed by atoms with Crippen LogP contribution in [0.3, 0.4) is 0 Å². The van der Waals surface area contributed by atoms with Gasteiger partial charge in [0.15, 0.2) is 0 Å². The lowest BCUT2D eigenvalue weighted by atomic mass is 10.0. The topological polar surface area (TPSA) is 52.6 Å². The number of para-hydroxylation sites is 1. The summed E-state index contributed by atoms with van der Waals surface area (Å²) in [6, 6.07) is 17.9. The molecule has 23 heavy (non-hydrogen) atoms. The third-order valence-corrected chi connectivity index (χ3v) is 4.35. The molecule has 0 radical (unpaired) electrons. The zero-order valence-corrected chi connectivity index (χ0v) is 13.1. The van der Waals surface area contributed by atoms with Gasteiger partial charge in [-0.3, -0.25) is 0 Å². The molecule has 0 spiro atoms. The van der Waals surface area contributed by atoms with Gasteiger partial charge in [-0.05, 0) is 36.5 Å². The summed E-state index contributed by atoms with van der Waals surface area (Å²) in [5.74, 6) is 0. The smallest absolute Gasteiger partial charge is 0.322 e. The lowest BCUT2D eigenvalue weighted by molar-refractivity contribution is 0.166. The van der Waals surface area contributed by atoms with Gasteiger partial charge in [-0.25, -0.2) is 4.79 Å². The average Bonchev–Trinajstić information content (AvgIpc) is 3.06. The number of anilines is 1. The van der Waals surface area contributed by atoms with Crippen molar-refractivity contribution in [2.24, 2.45) is 0 Å². The molecule has 2 N–H and O–H groups in total. The van der Waals surface area contributed by atoms with E-state index < -0.39 is 0 Å². The van der Waals surface area contributed by atoms with Crippen molar-refractivity contribution in [1.29, 1.82) is 0 Å². The fourth-order valence-electron chi connectivity index (χ4n) is 3.09. The maximum Gasteiger partial charge on any atom is 0.322 e. The van der Waals surface area contributed by atoms with Gasteiger partial charge < -0.3 is 15.3 Å². The molecule has 0 unspecified atom stereocenters. The van der Waals surface area contributed by atoms with Crippen molar-refractivity contribution in [3.63, 3.8) is 0 Å². The van der Waals surface area contributed by atoms with E-state index in [2.05, 4.69) is 17.4 Å². The van der Waals surface area contributed by atoms with Crippen molar-refractivity contribution in [3.05, 3.63) is 65.7 Å². The van der Waals surface area contributed by atoms with E-state index >= 15 is 0 Å². The Morgan fingerprint density at radius 2 is 1.87 bits per heavy atom. The maximum atomic E-state index is 12.5. The summed E-state index contributed by atoms with van der Waals surface area (Å²) < 4.78 is 0. The summed E-state index contributed by atoms with van der Waals surface area (Å²) >= 11 is 0. The summed E-state index contributed by atoms with van der Waals surface area (Å²) in [5.41, 5.74) is 3.14. The predicted octanol–water partition coefficient (Wildman–Crippen LogP) is 3.27. The first kappa shape index (κ1) is 15.6. The molecule has 1 heterocycles. The van der Waals surface area contributed by atoms with Crippen molar-refractivity contribution in [1.82, 2.24) is 4.90 Å². The van der Waals surface area contributed by atoms with Crippen molar-refractivity contribution < 1.29 is 9.90 Å². The molecule has 0 bridgehead atoms. The van der Waals surface area contributed by atoms with Gasteiger partial charge >= 0.3 is 6.03 Å². The van der Waals surface area contributed by atoms with E-state index in [4.69, 9.17) is 0 Å². The van der Waals surface area contributed by atoms with Gasteiger partial charge in [-0.1, -0.05) is 48.5 Å². The minimum atomic E-state index is -0.123. The van der Waals surface area contributed by atoms with Crippen LogP contribution in [0, 0.1) is 0 Å². The molecule has 2 aromatic rings. The number of urea groups is 1. The van der Waals surface area contributed by atoms with Gasteiger partial charge in [0, 0.05) is 12.2 Å². The molecule has 2 amide bonds. The summed E-state index contributed by atoms with van der Waals surface area (Å²) in [5, 5.41) is 12.4. The van der Waals surface area contributed by atoms with Gasteiger partial charge in [0.25, 0.3) is 0 Å². The van der Waals surface area contributed by atoms with E-state index in [9.17, 15) is 9.90 Å². The monoisotopic (exact) mass is 310 g/mol. The second-order valence-corrected chi connectivity index (χ2v) is 5.92. The molecule has 0 aliphatic carbocycles. The number of carbonyl (C=O) groups excluding carboxylic acids is 1. The highest BCUT2D eigenvalue weighted by molar-refractivity contribution is 5.90. The van der Waals surface area contributed by atoms with Crippen LogP contribution in [0.4, 0.5) is 10.5 Å². The molecule has 1 aliphatic rings. The van der Waals surface area contributed by atoms with Crippen LogP contribution in [-0.4, -0.2) is 35.2 Å². The van der Waals surface area contributed by atoms with Crippen LogP contribution in [0.2, 0.25) is 0 Å². The van der Waals surface area contributed by atoms with Gasteiger partial charge in [0.2, 0.25) is 0 Å². The van der Waals surface area contributed by atoms with Crippen LogP contribution in [0.1, 0.15) is 24.0 Å². The van der Waals surface area contributed by atoms with Gasteiger partial charge in [0.1, 0.15) is 0 Å². The highest BCUT2D eigenvalue weighted by Gasteiger charge is 2.28. The Kier molecular flexibility index (Phi) is 4.93. The van der Waals surface area contributed by atoms with E-state index in [-0.39, 0.29) is 18.7 Å². The van der Waals surface area contributed by atoms with Crippen molar-refractivity contribution in [2.75, 3.05) is 18.5 Å². The number of hydrogen-bond donors (Lipinski definition) is 2. The van der Waals surface area contributed by atoms with Crippen molar-refractivity contribution >= 4 is 11.7 Å². The van der Waals surface area contributed by atoms with Gasteiger partial charge in [-0.2, -0.15) is 0 Å². The number of likely N-dealkylation sites (tertiary alicyclic amines) is 1. The van der Waals surface area contributed by atoms with Gasteiger partial charge in [-0.15, -0.1) is 0 Å². The molecule has 2 aromatic carbocycles. The molecule has 4 nitrogen and oxygen atoms in total. The Morgan fingerprint density at radius 3 is 2.65 bits per heavy atom. The average molecular weight is 310 g/mol. The Balaban J connectivity index is 1.74. The first-order valence-electron chi connectivity index (χ1n) is 8.08. The van der Waals surface area contributed by atoms with E-state index in [0.717, 1.165) is 30.5 Å². The Hall–Kier alpha value is -2.33. The molecular formula is C19H22N2O2. The highest BCUT2D eigenvalue weighted by Crippen LogP contribution is 2.22. The number of rotatable bonds is 4. The second kappa shape index (κ2) is 7.29. The molecule has 120 valence electrons. The molecule has 0 aromatic heterocycles. The van der Waals surface area contributed by atoms with Crippen LogP contribution in [0.5, 0.6) is 0 Å². The number of nitrogens with zero attached hydrogens (tertiary/aromatic N) is 1. The largest absolute Gasteiger partial charge is 0.394 e. The molecule has 4 heteroatoms. The molecule has 1 saturated heterocycles. The fourth-order valence-corrected chi connectivity index (χ4v) is 3.09. The summed E-state index contributed by atoms with van der Waals surface area (Å²) in [7, 11) is 0. The van der Waals surface area contributed by atoms with E-state index in [1.165, 1.54) is 5.56 Å². The molecule has 1 fully saturated rings. The number of aliphatic hydroxyl groups excluding tert-OH is 1. The second-order valence-electron chi connectivity index (χ2n) is 5.92. The minimum Gasteiger partial charge on any atom is -0.394 e. The van der Waals surface area contributed by atoms with Crippen LogP contribution < -0.4 is 5.32 Å². The number of hydrogen-bond acceptors (Lipinski definition) is 2. The van der Waals surface area contributed by atoms with E-state index in [0.29, 0.717) is 6.54 Å². The number of nitrogens with one attached hydrogen (secondary N) is 1. The third-order valence-electron chi connectivity index (χ3n) is 4.35. The SMILES string of the molecule is O=C(Nc1ccccc1Cc1ccccc1)N1CCC[C@@H]1CO. The number of aliphatic hydroxyl groups is 1. The first-order valence-corrected chi connectivity index (χ1v) is 8.08. The van der Waals surface area contributed by atoms with Crippen LogP contribution in [0.25, 0.3) is 0 Å². The quantitative estimate of drug-likeness (QED) is 0.910. The standard InChI is InChI=1S/C19H22N2O2/c22-14-17-10-6-12-21(17)19(23)20-18-11-5-4-9-16(18)13-15-7-2-1-3-8-15/h1-5,7-9,11,17,22H,6,10,12-14H2,(H,20,23)/t17-/m1/s1. The molecular weight excluding hydrogens is 288 g/mol. The number of amides is 2. The lowest BCUT2D eigenvalue weighted by Gasteiger charge is -2.24. The lowest BCUT2D eigenvalue weighted by Crippen LogP contribution is -2.40. The number of benzene rings is 2. The van der Waals surface area contributed by atoms with Gasteiger partial charge in [0.05, 0.1) is 12.6 Å².